The molecule has 0 heterocycles. The Kier molecular flexibility index (Phi) is 3.56. The Hall–Kier alpha value is -0.540. The molecule has 1 rings (SSSR count). The van der Waals surface area contributed by atoms with Gasteiger partial charge in [0.25, 0.3) is 5.24 Å². The van der Waals surface area contributed by atoms with Crippen molar-refractivity contribution in [2.75, 3.05) is 5.52 Å². The van der Waals surface area contributed by atoms with Gasteiger partial charge < -0.3 is 4.74 Å². The summed E-state index contributed by atoms with van der Waals surface area (Å²) < 4.78 is 5.11. The van der Waals surface area contributed by atoms with Crippen LogP contribution in [0.15, 0.2) is 24.3 Å². The minimum absolute atomic E-state index is 0.341. The molecule has 0 atom stereocenters. The van der Waals surface area contributed by atoms with Gasteiger partial charge in [-0.1, -0.05) is 12.1 Å². The summed E-state index contributed by atoms with van der Waals surface area (Å²) >= 11 is 8.40. The van der Waals surface area contributed by atoms with Crippen LogP contribution in [-0.4, -0.2) is 10.8 Å². The van der Waals surface area contributed by atoms with Gasteiger partial charge in [-0.2, -0.15) is 0 Å². The second-order valence-electron chi connectivity index (χ2n) is 2.02. The predicted molar refractivity (Wildman–Crippen MR) is 51.0 cm³/mol. The van der Waals surface area contributed by atoms with Gasteiger partial charge in [-0.05, 0) is 39.7 Å². The summed E-state index contributed by atoms with van der Waals surface area (Å²) in [6.07, 6.45) is 0. The molecule has 0 bridgehead atoms. The fourth-order valence-electron chi connectivity index (χ4n) is 0.814. The van der Waals surface area contributed by atoms with E-state index in [9.17, 15) is 4.79 Å². The molecule has 0 radical (unpaired) electrons. The maximum atomic E-state index is 10.8. The Morgan fingerprint density at radius 2 is 2.17 bits per heavy atom. The van der Waals surface area contributed by atoms with E-state index >= 15 is 0 Å². The van der Waals surface area contributed by atoms with Crippen molar-refractivity contribution in [3.05, 3.63) is 29.8 Å². The van der Waals surface area contributed by atoms with Gasteiger partial charge in [0, 0.05) is 0 Å². The van der Waals surface area contributed by atoms with Gasteiger partial charge in [0.15, 0.2) is 0 Å². The Bertz CT molecular complexity index is 288. The third-order valence-electron chi connectivity index (χ3n) is 1.31. The van der Waals surface area contributed by atoms with Crippen molar-refractivity contribution in [3.63, 3.8) is 0 Å². The number of rotatable bonds is 3. The van der Waals surface area contributed by atoms with Crippen LogP contribution in [0.5, 0.6) is 5.75 Å². The molecule has 0 aliphatic carbocycles. The molecule has 12 heavy (non-hydrogen) atoms. The molecular formula is C8H6BrClO2. The van der Waals surface area contributed by atoms with E-state index in [1.165, 1.54) is 0 Å². The van der Waals surface area contributed by atoms with Crippen LogP contribution in [0.4, 0.5) is 0 Å². The van der Waals surface area contributed by atoms with Crippen LogP contribution in [0.2, 0.25) is 0 Å². The van der Waals surface area contributed by atoms with E-state index in [1.54, 1.807) is 24.3 Å². The summed E-state index contributed by atoms with van der Waals surface area (Å²) in [5.74, 6) is 0.495. The normalized spacial score (nSPS) is 9.50. The molecule has 0 saturated carbocycles. The van der Waals surface area contributed by atoms with E-state index in [1.807, 2.05) is 0 Å². The summed E-state index contributed by atoms with van der Waals surface area (Å²) in [4.78, 5) is 10.8. The van der Waals surface area contributed by atoms with Crippen molar-refractivity contribution in [1.82, 2.24) is 0 Å². The van der Waals surface area contributed by atoms with Gasteiger partial charge in [-0.15, -0.1) is 0 Å². The largest absolute Gasteiger partial charge is 0.482 e. The first-order chi connectivity index (χ1) is 5.75. The first-order valence-corrected chi connectivity index (χ1v) is 4.73. The van der Waals surface area contributed by atoms with E-state index in [-0.39, 0.29) is 0 Å². The van der Waals surface area contributed by atoms with Gasteiger partial charge in [0.1, 0.15) is 11.3 Å². The van der Waals surface area contributed by atoms with E-state index in [2.05, 4.69) is 15.9 Å². The zero-order valence-corrected chi connectivity index (χ0v) is 8.43. The number of carbonyl (C=O) groups is 1. The highest BCUT2D eigenvalue weighted by Gasteiger charge is 2.07. The maximum Gasteiger partial charge on any atom is 0.256 e. The third kappa shape index (κ3) is 2.22. The standard InChI is InChI=1S/C8H6BrClO2/c9-5-12-7-4-2-1-3-6(7)8(10)11/h1-4H,5H2. The average Bonchev–Trinajstić information content (AvgIpc) is 2.05. The molecule has 0 saturated heterocycles. The minimum atomic E-state index is -0.508. The fourth-order valence-corrected chi connectivity index (χ4v) is 1.22. The molecule has 4 heteroatoms. The highest BCUT2D eigenvalue weighted by Crippen LogP contribution is 2.19. The quantitative estimate of drug-likeness (QED) is 0.608. The molecule has 0 aromatic heterocycles. The molecule has 0 amide bonds. The van der Waals surface area contributed by atoms with E-state index in [0.29, 0.717) is 16.8 Å². The lowest BCUT2D eigenvalue weighted by Gasteiger charge is -2.04. The second-order valence-corrected chi connectivity index (χ2v) is 2.82. The highest BCUT2D eigenvalue weighted by atomic mass is 79.9. The zero-order valence-electron chi connectivity index (χ0n) is 6.09. The maximum absolute atomic E-state index is 10.8. The smallest absolute Gasteiger partial charge is 0.256 e. The van der Waals surface area contributed by atoms with Gasteiger partial charge in [0.05, 0.1) is 5.56 Å². The molecule has 64 valence electrons. The number of ether oxygens (including phenoxy) is 1. The van der Waals surface area contributed by atoms with Crippen LogP contribution in [0.3, 0.4) is 0 Å². The van der Waals surface area contributed by atoms with Crippen molar-refractivity contribution < 1.29 is 9.53 Å². The third-order valence-corrected chi connectivity index (χ3v) is 1.74. The summed E-state index contributed by atoms with van der Waals surface area (Å²) in [6, 6.07) is 6.82. The topological polar surface area (TPSA) is 26.3 Å². The molecular weight excluding hydrogens is 243 g/mol. The number of hydrogen-bond acceptors (Lipinski definition) is 2. The van der Waals surface area contributed by atoms with E-state index in [4.69, 9.17) is 16.3 Å². The molecule has 1 aromatic carbocycles. The Morgan fingerprint density at radius 1 is 1.50 bits per heavy atom. The van der Waals surface area contributed by atoms with Crippen molar-refractivity contribution >= 4 is 32.8 Å². The summed E-state index contributed by atoms with van der Waals surface area (Å²) in [6.45, 7) is 0. The Labute approximate surface area is 83.6 Å². The van der Waals surface area contributed by atoms with E-state index in [0.717, 1.165) is 0 Å². The Morgan fingerprint density at radius 3 is 2.75 bits per heavy atom. The van der Waals surface area contributed by atoms with Crippen molar-refractivity contribution in [1.29, 1.82) is 0 Å². The first kappa shape index (κ1) is 9.55. The molecule has 2 nitrogen and oxygen atoms in total. The van der Waals surface area contributed by atoms with Crippen LogP contribution < -0.4 is 4.74 Å². The molecule has 0 N–H and O–H groups in total. The van der Waals surface area contributed by atoms with Crippen molar-refractivity contribution in [2.24, 2.45) is 0 Å². The van der Waals surface area contributed by atoms with Crippen LogP contribution in [0.25, 0.3) is 0 Å². The average molecular weight is 249 g/mol. The van der Waals surface area contributed by atoms with Crippen molar-refractivity contribution in [2.45, 2.75) is 0 Å². The molecule has 0 spiro atoms. The van der Waals surface area contributed by atoms with Crippen LogP contribution in [-0.2, 0) is 0 Å². The lowest BCUT2D eigenvalue weighted by atomic mass is 10.2. The first-order valence-electron chi connectivity index (χ1n) is 3.23. The number of alkyl halides is 1. The second kappa shape index (κ2) is 4.48. The number of halogens is 2. The molecule has 0 aliphatic heterocycles. The van der Waals surface area contributed by atoms with Gasteiger partial charge in [0.2, 0.25) is 0 Å². The van der Waals surface area contributed by atoms with Crippen LogP contribution in [0, 0.1) is 0 Å². The monoisotopic (exact) mass is 248 g/mol. The lowest BCUT2D eigenvalue weighted by Crippen LogP contribution is -1.96. The summed E-state index contributed by atoms with van der Waals surface area (Å²) in [7, 11) is 0. The SMILES string of the molecule is O=C(Cl)c1ccccc1OCBr. The minimum Gasteiger partial charge on any atom is -0.482 e. The number of para-hydroxylation sites is 1. The number of hydrogen-bond donors (Lipinski definition) is 0. The molecule has 0 aliphatic rings. The van der Waals surface area contributed by atoms with Crippen LogP contribution >= 0.6 is 27.5 Å². The lowest BCUT2D eigenvalue weighted by molar-refractivity contribution is 0.107. The van der Waals surface area contributed by atoms with Gasteiger partial charge in [-0.25, -0.2) is 0 Å². The summed E-state index contributed by atoms with van der Waals surface area (Å²) in [5.41, 5.74) is 0.729. The van der Waals surface area contributed by atoms with Gasteiger partial charge >= 0.3 is 0 Å². The number of benzene rings is 1. The molecule has 0 fully saturated rings. The highest BCUT2D eigenvalue weighted by molar-refractivity contribution is 9.09. The molecule has 1 aromatic rings. The Balaban J connectivity index is 3.00. The van der Waals surface area contributed by atoms with Crippen molar-refractivity contribution in [3.8, 4) is 5.75 Å². The predicted octanol–water partition coefficient (Wildman–Crippen LogP) is 2.80. The summed E-state index contributed by atoms with van der Waals surface area (Å²) in [5, 5.41) is -0.508. The fraction of sp³-hybridized carbons (Fsp3) is 0.125. The van der Waals surface area contributed by atoms with Gasteiger partial charge in [-0.3, -0.25) is 4.79 Å². The van der Waals surface area contributed by atoms with E-state index < -0.39 is 5.24 Å². The molecule has 0 unspecified atom stereocenters. The van der Waals surface area contributed by atoms with Crippen LogP contribution in [0.1, 0.15) is 10.4 Å². The zero-order chi connectivity index (χ0) is 8.97. The number of carbonyl (C=O) groups excluding carboxylic acids is 1.